The molecule has 0 saturated heterocycles. The molecule has 0 aliphatic heterocycles. The maximum atomic E-state index is 12.3. The third-order valence-electron chi connectivity index (χ3n) is 4.27. The molecule has 0 radical (unpaired) electrons. The molecule has 0 saturated carbocycles. The average Bonchev–Trinajstić information content (AvgIpc) is 2.60. The van der Waals surface area contributed by atoms with Crippen LogP contribution in [0.25, 0.3) is 0 Å². The van der Waals surface area contributed by atoms with Gasteiger partial charge in [0.2, 0.25) is 0 Å². The van der Waals surface area contributed by atoms with Crippen molar-refractivity contribution in [3.05, 3.63) is 58.7 Å². The summed E-state index contributed by atoms with van der Waals surface area (Å²) in [6.45, 7) is 8.04. The highest BCUT2D eigenvalue weighted by molar-refractivity contribution is 5.78. The number of amides is 1. The molecule has 2 aromatic rings. The zero-order chi connectivity index (χ0) is 18.4. The van der Waals surface area contributed by atoms with Crippen LogP contribution in [0, 0.1) is 20.8 Å². The number of rotatable bonds is 7. The summed E-state index contributed by atoms with van der Waals surface area (Å²) in [5.41, 5.74) is 4.26. The minimum Gasteiger partial charge on any atom is -0.496 e. The van der Waals surface area contributed by atoms with Crippen LogP contribution in [-0.2, 0) is 4.79 Å². The molecule has 0 aliphatic rings. The van der Waals surface area contributed by atoms with Crippen molar-refractivity contribution in [2.24, 2.45) is 0 Å². The molecule has 0 aliphatic carbocycles. The van der Waals surface area contributed by atoms with Gasteiger partial charge >= 0.3 is 0 Å². The number of carbonyl (C=O) groups is 1. The van der Waals surface area contributed by atoms with Gasteiger partial charge in [0.05, 0.1) is 13.2 Å². The first-order chi connectivity index (χ1) is 11.9. The third kappa shape index (κ3) is 4.99. The van der Waals surface area contributed by atoms with Gasteiger partial charge < -0.3 is 14.8 Å². The van der Waals surface area contributed by atoms with E-state index in [0.717, 1.165) is 40.2 Å². The summed E-state index contributed by atoms with van der Waals surface area (Å²) in [4.78, 5) is 12.3. The van der Waals surface area contributed by atoms with Crippen molar-refractivity contribution in [2.45, 2.75) is 40.2 Å². The highest BCUT2D eigenvalue weighted by Gasteiger charge is 2.14. The van der Waals surface area contributed by atoms with E-state index >= 15 is 0 Å². The number of carbonyl (C=O) groups excluding carboxylic acids is 1. The summed E-state index contributed by atoms with van der Waals surface area (Å²) >= 11 is 0. The summed E-state index contributed by atoms with van der Waals surface area (Å²) in [5.74, 6) is 1.48. The summed E-state index contributed by atoms with van der Waals surface area (Å²) in [6.07, 6.45) is 0.807. The lowest BCUT2D eigenvalue weighted by atomic mass is 10.0. The zero-order valence-electron chi connectivity index (χ0n) is 15.7. The molecule has 0 heterocycles. The molecule has 4 nitrogen and oxygen atoms in total. The lowest BCUT2D eigenvalue weighted by Crippen LogP contribution is -2.32. The first kappa shape index (κ1) is 18.8. The van der Waals surface area contributed by atoms with Crippen LogP contribution >= 0.6 is 0 Å². The SMILES string of the molecule is CCC(NC(=O)COc1cc(C)ccc1C)c1ccc(OC)c(C)c1. The van der Waals surface area contributed by atoms with Gasteiger partial charge in [-0.25, -0.2) is 0 Å². The number of aryl methyl sites for hydroxylation is 3. The molecule has 0 fully saturated rings. The van der Waals surface area contributed by atoms with Gasteiger partial charge in [-0.05, 0) is 61.6 Å². The molecule has 2 aromatic carbocycles. The molecule has 0 bridgehead atoms. The minimum absolute atomic E-state index is 0.00985. The van der Waals surface area contributed by atoms with Crippen LogP contribution in [-0.4, -0.2) is 19.6 Å². The van der Waals surface area contributed by atoms with Crippen LogP contribution < -0.4 is 14.8 Å². The van der Waals surface area contributed by atoms with Crippen LogP contribution in [0.1, 0.15) is 41.6 Å². The maximum Gasteiger partial charge on any atom is 0.258 e. The second kappa shape index (κ2) is 8.56. The Kier molecular flexibility index (Phi) is 6.45. The zero-order valence-corrected chi connectivity index (χ0v) is 15.7. The Morgan fingerprint density at radius 2 is 1.80 bits per heavy atom. The normalized spacial score (nSPS) is 11.7. The molecule has 25 heavy (non-hydrogen) atoms. The molecule has 1 unspecified atom stereocenters. The second-order valence-corrected chi connectivity index (χ2v) is 6.32. The summed E-state index contributed by atoms with van der Waals surface area (Å²) in [5, 5.41) is 3.05. The summed E-state index contributed by atoms with van der Waals surface area (Å²) < 4.78 is 11.0. The summed E-state index contributed by atoms with van der Waals surface area (Å²) in [7, 11) is 1.66. The standard InChI is InChI=1S/C21H27NO3/c1-6-18(17-9-10-19(24-5)16(4)12-17)22-21(23)13-25-20-11-14(2)7-8-15(20)3/h7-12,18H,6,13H2,1-5H3,(H,22,23). The molecule has 0 spiro atoms. The predicted molar refractivity (Wildman–Crippen MR) is 100 cm³/mol. The number of hydrogen-bond acceptors (Lipinski definition) is 3. The quantitative estimate of drug-likeness (QED) is 0.818. The van der Waals surface area contributed by atoms with Gasteiger partial charge in [-0.15, -0.1) is 0 Å². The molecule has 0 aromatic heterocycles. The number of benzene rings is 2. The van der Waals surface area contributed by atoms with Crippen LogP contribution in [0.4, 0.5) is 0 Å². The van der Waals surface area contributed by atoms with Gasteiger partial charge in [-0.1, -0.05) is 31.2 Å². The minimum atomic E-state index is -0.124. The monoisotopic (exact) mass is 341 g/mol. The van der Waals surface area contributed by atoms with Gasteiger partial charge in [-0.2, -0.15) is 0 Å². The lowest BCUT2D eigenvalue weighted by molar-refractivity contribution is -0.123. The lowest BCUT2D eigenvalue weighted by Gasteiger charge is -2.19. The number of nitrogens with one attached hydrogen (secondary N) is 1. The Hall–Kier alpha value is -2.49. The average molecular weight is 341 g/mol. The molecule has 2 rings (SSSR count). The van der Waals surface area contributed by atoms with E-state index in [1.807, 2.05) is 51.1 Å². The van der Waals surface area contributed by atoms with Crippen molar-refractivity contribution in [3.8, 4) is 11.5 Å². The number of methoxy groups -OCH3 is 1. The highest BCUT2D eigenvalue weighted by Crippen LogP contribution is 2.24. The molecule has 4 heteroatoms. The topological polar surface area (TPSA) is 47.6 Å². The third-order valence-corrected chi connectivity index (χ3v) is 4.27. The van der Waals surface area contributed by atoms with Crippen molar-refractivity contribution in [1.82, 2.24) is 5.32 Å². The van der Waals surface area contributed by atoms with Crippen molar-refractivity contribution in [2.75, 3.05) is 13.7 Å². The molecule has 1 atom stereocenters. The van der Waals surface area contributed by atoms with E-state index in [4.69, 9.17) is 9.47 Å². The van der Waals surface area contributed by atoms with E-state index in [1.54, 1.807) is 7.11 Å². The van der Waals surface area contributed by atoms with Gasteiger partial charge in [0.15, 0.2) is 6.61 Å². The van der Waals surface area contributed by atoms with E-state index in [9.17, 15) is 4.79 Å². The molecule has 1 N–H and O–H groups in total. The van der Waals surface area contributed by atoms with Crippen LogP contribution in [0.15, 0.2) is 36.4 Å². The number of hydrogen-bond donors (Lipinski definition) is 1. The number of ether oxygens (including phenoxy) is 2. The van der Waals surface area contributed by atoms with E-state index in [2.05, 4.69) is 18.3 Å². The van der Waals surface area contributed by atoms with E-state index in [1.165, 1.54) is 0 Å². The van der Waals surface area contributed by atoms with Gasteiger partial charge in [0.1, 0.15) is 11.5 Å². The first-order valence-electron chi connectivity index (χ1n) is 8.58. The van der Waals surface area contributed by atoms with Crippen molar-refractivity contribution >= 4 is 5.91 Å². The highest BCUT2D eigenvalue weighted by atomic mass is 16.5. The van der Waals surface area contributed by atoms with Crippen LogP contribution in [0.5, 0.6) is 11.5 Å². The fraction of sp³-hybridized carbons (Fsp3) is 0.381. The Labute approximate surface area is 150 Å². The van der Waals surface area contributed by atoms with Gasteiger partial charge in [-0.3, -0.25) is 4.79 Å². The van der Waals surface area contributed by atoms with E-state index in [-0.39, 0.29) is 18.6 Å². The fourth-order valence-electron chi connectivity index (χ4n) is 2.78. The molecule has 1 amide bonds. The second-order valence-electron chi connectivity index (χ2n) is 6.32. The largest absolute Gasteiger partial charge is 0.496 e. The molecular formula is C21H27NO3. The van der Waals surface area contributed by atoms with Crippen molar-refractivity contribution < 1.29 is 14.3 Å². The Morgan fingerprint density at radius 1 is 1.04 bits per heavy atom. The maximum absolute atomic E-state index is 12.3. The van der Waals surface area contributed by atoms with Gasteiger partial charge in [0, 0.05) is 0 Å². The predicted octanol–water partition coefficient (Wildman–Crippen LogP) is 4.27. The van der Waals surface area contributed by atoms with Gasteiger partial charge in [0.25, 0.3) is 5.91 Å². The Morgan fingerprint density at radius 3 is 2.44 bits per heavy atom. The summed E-state index contributed by atoms with van der Waals surface area (Å²) in [6, 6.07) is 11.9. The molecular weight excluding hydrogens is 314 g/mol. The van der Waals surface area contributed by atoms with Crippen molar-refractivity contribution in [1.29, 1.82) is 0 Å². The van der Waals surface area contributed by atoms with Crippen LogP contribution in [0.2, 0.25) is 0 Å². The van der Waals surface area contributed by atoms with E-state index in [0.29, 0.717) is 0 Å². The molecule has 134 valence electrons. The van der Waals surface area contributed by atoms with Crippen molar-refractivity contribution in [3.63, 3.8) is 0 Å². The first-order valence-corrected chi connectivity index (χ1v) is 8.58. The smallest absolute Gasteiger partial charge is 0.258 e. The Balaban J connectivity index is 2.00. The van der Waals surface area contributed by atoms with Crippen LogP contribution in [0.3, 0.4) is 0 Å². The Bertz CT molecular complexity index is 740. The fourth-order valence-corrected chi connectivity index (χ4v) is 2.78. The van der Waals surface area contributed by atoms with E-state index < -0.39 is 0 Å².